The minimum absolute atomic E-state index is 0.0218. The predicted molar refractivity (Wildman–Crippen MR) is 501 cm³/mol. The number of carboxylic acid groups (broad SMARTS) is 1. The lowest BCUT2D eigenvalue weighted by Gasteiger charge is -2.32. The number of ether oxygens (including phenoxy) is 4. The fourth-order valence-corrected chi connectivity index (χ4v) is 20.6. The number of rotatable bonds is 21. The number of aliphatic carboxylic acids is 1. The van der Waals surface area contributed by atoms with Gasteiger partial charge in [-0.25, -0.2) is 37.7 Å². The van der Waals surface area contributed by atoms with Gasteiger partial charge in [0.1, 0.15) is 47.5 Å². The molecule has 732 valence electrons. The summed E-state index contributed by atoms with van der Waals surface area (Å²) in [4.78, 5) is 153. The van der Waals surface area contributed by atoms with Crippen LogP contribution in [-0.2, 0) is 143 Å². The maximum Gasteiger partial charge on any atom is 0.343 e. The number of amides is 2. The molecule has 9 aromatic rings. The van der Waals surface area contributed by atoms with Crippen LogP contribution in [0.5, 0.6) is 0 Å². The second-order valence-electron chi connectivity index (χ2n) is 38.9. The average molecular weight is 1910 g/mol. The molecule has 0 unspecified atom stereocenters. The van der Waals surface area contributed by atoms with Crippen LogP contribution in [0.15, 0.2) is 50.8 Å². The van der Waals surface area contributed by atoms with Crippen LogP contribution in [-0.4, -0.2) is 133 Å². The Kier molecular flexibility index (Phi) is 29.0. The largest absolute Gasteiger partial charge is 0.481 e. The highest BCUT2D eigenvalue weighted by molar-refractivity contribution is 7.85. The number of carbonyl (C=O) groups is 8. The second-order valence-corrected chi connectivity index (χ2v) is 40.4. The van der Waals surface area contributed by atoms with Gasteiger partial charge in [0.25, 0.3) is 26.8 Å². The van der Waals surface area contributed by atoms with Crippen molar-refractivity contribution >= 4 is 90.3 Å². The standard InChI is InChI=1S/C35H40FN3O7.C30H33FN4O4.C24H22FN3O4.C11H20O4.CH4O3S/c1-6-35(44)22-14-26-31-20(16-39(26)32(42)21(22)17-45-33(35)43)30-24(13-12-19-18(2)23(36)15-25(38-31)29(19)30)37-27(40)10-8-7-9-11-28(41)46-34(3,4)5;1-3-30(39)19-12-23-28-18(14-35(23)29(38)17(19)8-10-24(30)36)27-21(33-25(37)6-4-5-11-32)9-7-16-15(2)20(31)13-22(34-28)26(16)27;1-3-24(31)14-6-18-21-12(8-28(18)22(29)13(14)9-32-23(24)30)19-16(26)5-4-11-10(2)15(25)7-17(27-21)20(11)19;1-11(2,3)15-10(14)8-6-4-5-7-9(12)13;1-5(2,3)4/h14-15,24,44H,6-13,16-17H2,1-5H3,(H,37,40);12-13,21,39H,3-11,14,32H2,1-2H3,(H,33,37);6-7,16,31H,3-5,8-9,26H2,1-2H3;4-8H2,1-3H3,(H,12,13);1H3,(H,2,3,4)/t24-,35-;21-,30-;16-,24-;;/m000../s1. The summed E-state index contributed by atoms with van der Waals surface area (Å²) in [6.45, 7) is 22.1. The Morgan fingerprint density at radius 3 is 1.18 bits per heavy atom. The number of carbonyl (C=O) groups excluding carboxylic acids is 7. The van der Waals surface area contributed by atoms with Crippen LogP contribution >= 0.6 is 0 Å². The third-order valence-corrected chi connectivity index (χ3v) is 27.5. The van der Waals surface area contributed by atoms with E-state index in [2.05, 4.69) is 10.6 Å². The fourth-order valence-electron chi connectivity index (χ4n) is 20.6. The van der Waals surface area contributed by atoms with Gasteiger partial charge in [0.2, 0.25) is 11.8 Å². The number of pyridine rings is 6. The zero-order chi connectivity index (χ0) is 99.7. The highest BCUT2D eigenvalue weighted by Crippen LogP contribution is 2.51. The van der Waals surface area contributed by atoms with Crippen LogP contribution in [0.4, 0.5) is 13.2 Å². The SMILES string of the molecule is CC(C)(C)OC(=O)CCCCCC(=O)O.CC[C@@]1(O)C(=O)CCc2c1cc1n(c2=O)Cc2c-1nc1cc(F)c(C)c3c1c2[C@@H](NC(=O)CCCCN)CC3.CC[C@@]1(O)C(=O)OCc2c1cc1n(c2=O)Cc2c-1nc1cc(F)c(C)c3c1c2[C@@H](N)CC3.CC[C@@]1(O)C(=O)OCc2c1cc1n(c2=O)Cc2c-1nc1cc(F)c(C)c3c1c2[C@@H](NC(=O)CCCCCC(=O)OC(C)(C)C)CC3.CS(=O)(=O)O. The summed E-state index contributed by atoms with van der Waals surface area (Å²) in [6, 6.07) is 8.33. The van der Waals surface area contributed by atoms with E-state index >= 15 is 8.78 Å². The number of aryl methyl sites for hydroxylation is 3. The first-order chi connectivity index (χ1) is 64.5. The van der Waals surface area contributed by atoms with E-state index in [-0.39, 0.29) is 182 Å². The van der Waals surface area contributed by atoms with Crippen LogP contribution in [0.1, 0.15) is 309 Å². The van der Waals surface area contributed by atoms with E-state index in [4.69, 9.17) is 55.0 Å². The van der Waals surface area contributed by atoms with Gasteiger partial charge in [-0.1, -0.05) is 33.6 Å². The number of fused-ring (bicyclic) bond motifs is 15. The summed E-state index contributed by atoms with van der Waals surface area (Å²) < 4.78 is 96.3. The van der Waals surface area contributed by atoms with E-state index in [9.17, 15) is 80.9 Å². The third-order valence-electron chi connectivity index (χ3n) is 27.5. The van der Waals surface area contributed by atoms with Crippen molar-refractivity contribution in [2.75, 3.05) is 12.8 Å². The molecule has 6 aromatic heterocycles. The lowest BCUT2D eigenvalue weighted by atomic mass is 9.77. The number of hydrogen-bond donors (Lipinski definition) is 9. The molecule has 5 aliphatic heterocycles. The molecule has 0 radical (unpaired) electrons. The Labute approximate surface area is 789 Å². The summed E-state index contributed by atoms with van der Waals surface area (Å²) in [5, 5.41) is 50.9. The van der Waals surface area contributed by atoms with Crippen molar-refractivity contribution in [1.82, 2.24) is 39.3 Å². The molecule has 6 atom stereocenters. The Balaban J connectivity index is 0.000000151. The highest BCUT2D eigenvalue weighted by atomic mass is 32.2. The minimum atomic E-state index is -3.67. The van der Waals surface area contributed by atoms with Crippen molar-refractivity contribution in [3.63, 3.8) is 0 Å². The average Bonchev–Trinajstić information content (AvgIpc) is 1.58. The van der Waals surface area contributed by atoms with E-state index in [1.165, 1.54) is 18.2 Å². The molecule has 32 nitrogen and oxygen atoms in total. The first kappa shape index (κ1) is 101. The number of nitrogens with zero attached hydrogens (tertiary/aromatic N) is 6. The number of nitrogens with two attached hydrogens (primary N) is 2. The molecule has 11 heterocycles. The van der Waals surface area contributed by atoms with Crippen molar-refractivity contribution in [3.8, 4) is 34.2 Å². The fraction of sp³-hybridized carbons (Fsp3) is 0.505. The van der Waals surface area contributed by atoms with Gasteiger partial charge in [-0.3, -0.25) is 47.7 Å². The van der Waals surface area contributed by atoms with Crippen molar-refractivity contribution in [1.29, 1.82) is 0 Å². The summed E-state index contributed by atoms with van der Waals surface area (Å²) >= 11 is 0. The number of cyclic esters (lactones) is 2. The van der Waals surface area contributed by atoms with E-state index < -0.39 is 56.0 Å². The van der Waals surface area contributed by atoms with Gasteiger partial charge in [0, 0.05) is 118 Å². The van der Waals surface area contributed by atoms with Crippen molar-refractivity contribution < 1.29 is 104 Å². The first-order valence-corrected chi connectivity index (χ1v) is 48.8. The Hall–Kier alpha value is -11.8. The minimum Gasteiger partial charge on any atom is -0.481 e. The van der Waals surface area contributed by atoms with Gasteiger partial charge in [-0.05, 0) is 240 Å². The van der Waals surface area contributed by atoms with Crippen LogP contribution in [0.25, 0.3) is 66.9 Å². The van der Waals surface area contributed by atoms with Crippen molar-refractivity contribution in [2.45, 2.75) is 316 Å². The van der Waals surface area contributed by atoms with Gasteiger partial charge in [0.05, 0.1) is 99.8 Å². The topological polar surface area (TPSA) is 490 Å². The Bertz CT molecular complexity index is 6840. The van der Waals surface area contributed by atoms with Crippen LogP contribution in [0.2, 0.25) is 0 Å². The summed E-state index contributed by atoms with van der Waals surface area (Å²) in [6.07, 6.45) is 12.0. The zero-order valence-electron chi connectivity index (χ0n) is 79.5. The molecule has 3 aromatic carbocycles. The van der Waals surface area contributed by atoms with E-state index in [1.807, 2.05) is 41.5 Å². The van der Waals surface area contributed by atoms with E-state index in [1.54, 1.807) is 73.4 Å². The number of hydrogen-bond acceptors (Lipinski definition) is 25. The molecule has 18 rings (SSSR count). The molecule has 4 aliphatic carbocycles. The van der Waals surface area contributed by atoms with Crippen LogP contribution in [0.3, 0.4) is 0 Å². The number of Topliss-reactive ketones (excluding diaryl/α,β-unsaturated/α-hetero) is 1. The number of carboxylic acids is 1. The molecule has 0 saturated carbocycles. The number of ketones is 1. The molecular formula is C101H119F3N10O22S. The second kappa shape index (κ2) is 39.2. The normalized spacial score (nSPS) is 19.6. The quantitative estimate of drug-likeness (QED) is 0.0140. The number of aliphatic hydroxyl groups is 3. The third kappa shape index (κ3) is 19.8. The van der Waals surface area contributed by atoms with Crippen LogP contribution < -0.4 is 38.8 Å². The molecule has 0 fully saturated rings. The number of nitrogens with one attached hydrogen (secondary N) is 2. The highest BCUT2D eigenvalue weighted by Gasteiger charge is 2.50. The summed E-state index contributed by atoms with van der Waals surface area (Å²) in [7, 11) is -3.67. The molecule has 9 aliphatic rings. The number of aromatic nitrogens is 6. The Morgan fingerprint density at radius 2 is 0.818 bits per heavy atom. The lowest BCUT2D eigenvalue weighted by Crippen LogP contribution is -2.44. The van der Waals surface area contributed by atoms with Gasteiger partial charge < -0.3 is 75.2 Å². The van der Waals surface area contributed by atoms with Crippen molar-refractivity contribution in [2.24, 2.45) is 11.5 Å². The molecular weight excluding hydrogens is 1790 g/mol. The summed E-state index contributed by atoms with van der Waals surface area (Å²) in [5.41, 5.74) is 20.3. The zero-order valence-corrected chi connectivity index (χ0v) is 80.3. The maximum absolute atomic E-state index is 15.1. The van der Waals surface area contributed by atoms with E-state index in [0.717, 1.165) is 79.1 Å². The number of esters is 4. The monoisotopic (exact) mass is 1910 g/mol. The van der Waals surface area contributed by atoms with Gasteiger partial charge in [-0.2, -0.15) is 8.42 Å². The Morgan fingerprint density at radius 1 is 0.482 bits per heavy atom. The smallest absolute Gasteiger partial charge is 0.343 e. The van der Waals surface area contributed by atoms with Crippen molar-refractivity contribution in [3.05, 3.63) is 185 Å². The van der Waals surface area contributed by atoms with Gasteiger partial charge in [0.15, 0.2) is 17.0 Å². The van der Waals surface area contributed by atoms with Gasteiger partial charge in [-0.15, -0.1) is 0 Å². The molecule has 2 amide bonds. The molecule has 11 N–H and O–H groups in total. The lowest BCUT2D eigenvalue weighted by molar-refractivity contribution is -0.172. The first-order valence-electron chi connectivity index (χ1n) is 46.9. The molecule has 137 heavy (non-hydrogen) atoms. The molecule has 0 spiro atoms. The summed E-state index contributed by atoms with van der Waals surface area (Å²) in [5.74, 6) is -4.33. The van der Waals surface area contributed by atoms with E-state index in [0.29, 0.717) is 188 Å². The number of benzene rings is 3. The molecule has 36 heteroatoms. The van der Waals surface area contributed by atoms with Gasteiger partial charge >= 0.3 is 29.8 Å². The van der Waals surface area contributed by atoms with Crippen LogP contribution in [0, 0.1) is 38.2 Å². The molecule has 0 saturated heterocycles. The number of halogens is 3. The predicted octanol–water partition coefficient (Wildman–Crippen LogP) is 12.5. The maximum atomic E-state index is 15.1. The molecule has 0 bridgehead atoms. The number of unbranched alkanes of at least 4 members (excludes halogenated alkanes) is 5.